The summed E-state index contributed by atoms with van der Waals surface area (Å²) in [6.07, 6.45) is 1.17. The second-order valence-electron chi connectivity index (χ2n) is 6.82. The summed E-state index contributed by atoms with van der Waals surface area (Å²) in [5.74, 6) is -1.08. The highest BCUT2D eigenvalue weighted by Gasteiger charge is 2.18. The van der Waals surface area contributed by atoms with Crippen molar-refractivity contribution in [2.45, 2.75) is 13.0 Å². The van der Waals surface area contributed by atoms with Crippen molar-refractivity contribution in [1.82, 2.24) is 5.32 Å². The highest BCUT2D eigenvalue weighted by Crippen LogP contribution is 2.41. The Morgan fingerprint density at radius 2 is 1.94 bits per heavy atom. The Kier molecular flexibility index (Phi) is 10.0. The molecule has 1 fully saturated rings. The number of nitrogens with one attached hydrogen (secondary N) is 1. The van der Waals surface area contributed by atoms with Crippen LogP contribution in [-0.4, -0.2) is 61.7 Å². The fraction of sp³-hybridized carbons (Fsp3) is 0.304. The zero-order chi connectivity index (χ0) is 23.5. The fourth-order valence-corrected chi connectivity index (χ4v) is 3.22. The maximum Gasteiger partial charge on any atom is 0.328 e. The Morgan fingerprint density at radius 1 is 1.22 bits per heavy atom. The molecule has 1 saturated heterocycles. The molecule has 0 bridgehead atoms. The van der Waals surface area contributed by atoms with Crippen LogP contribution in [0, 0.1) is 6.92 Å². The molecule has 1 heterocycles. The first-order chi connectivity index (χ1) is 15.3. The number of morpholine rings is 1. The van der Waals surface area contributed by atoms with Crippen LogP contribution in [0.5, 0.6) is 11.5 Å². The number of carboxylic acids is 2. The molecule has 172 valence electrons. The molecule has 0 aliphatic carbocycles. The summed E-state index contributed by atoms with van der Waals surface area (Å²) in [5, 5.41) is 19.6. The van der Waals surface area contributed by atoms with Gasteiger partial charge in [-0.2, -0.15) is 0 Å². The van der Waals surface area contributed by atoms with E-state index >= 15 is 0 Å². The average Bonchev–Trinajstić information content (AvgIpc) is 2.77. The van der Waals surface area contributed by atoms with Gasteiger partial charge in [-0.3, -0.25) is 0 Å². The number of halogens is 1. The Hall–Kier alpha value is -3.07. The molecule has 8 nitrogen and oxygen atoms in total. The van der Waals surface area contributed by atoms with Gasteiger partial charge >= 0.3 is 11.9 Å². The zero-order valence-corrected chi connectivity index (χ0v) is 18.6. The molecular formula is C23H26ClNO7. The maximum atomic E-state index is 9.55. The number of hydrogen-bond donors (Lipinski definition) is 3. The van der Waals surface area contributed by atoms with Gasteiger partial charge in [-0.05, 0) is 36.2 Å². The highest BCUT2D eigenvalue weighted by molar-refractivity contribution is 6.30. The van der Waals surface area contributed by atoms with Crippen LogP contribution in [-0.2, 0) is 14.3 Å². The minimum atomic E-state index is -1.26. The van der Waals surface area contributed by atoms with Crippen LogP contribution in [0.25, 0.3) is 11.1 Å². The molecule has 1 atom stereocenters. The van der Waals surface area contributed by atoms with E-state index in [1.54, 1.807) is 7.11 Å². The van der Waals surface area contributed by atoms with Crippen LogP contribution in [0.1, 0.15) is 5.56 Å². The van der Waals surface area contributed by atoms with E-state index in [4.69, 9.17) is 36.0 Å². The van der Waals surface area contributed by atoms with Crippen LogP contribution in [0.4, 0.5) is 0 Å². The summed E-state index contributed by atoms with van der Waals surface area (Å²) in [5.41, 5.74) is 3.12. The predicted molar refractivity (Wildman–Crippen MR) is 121 cm³/mol. The molecule has 0 aromatic heterocycles. The lowest BCUT2D eigenvalue weighted by Gasteiger charge is -2.24. The lowest BCUT2D eigenvalue weighted by Crippen LogP contribution is -2.41. The summed E-state index contributed by atoms with van der Waals surface area (Å²) in [7, 11) is 1.66. The molecule has 0 unspecified atom stereocenters. The predicted octanol–water partition coefficient (Wildman–Crippen LogP) is 3.40. The summed E-state index contributed by atoms with van der Waals surface area (Å²) in [6.45, 7) is 4.95. The molecule has 1 aliphatic heterocycles. The van der Waals surface area contributed by atoms with Gasteiger partial charge in [-0.15, -0.1) is 0 Å². The number of aliphatic carboxylic acids is 2. The Bertz CT molecular complexity index is 939. The van der Waals surface area contributed by atoms with Gasteiger partial charge in [0.25, 0.3) is 0 Å². The Morgan fingerprint density at radius 3 is 2.50 bits per heavy atom. The largest absolute Gasteiger partial charge is 0.492 e. The molecule has 0 amide bonds. The number of rotatable bonds is 7. The summed E-state index contributed by atoms with van der Waals surface area (Å²) >= 11 is 6.15. The van der Waals surface area contributed by atoms with Crippen molar-refractivity contribution in [3.8, 4) is 22.6 Å². The van der Waals surface area contributed by atoms with Crippen molar-refractivity contribution < 1.29 is 34.0 Å². The quantitative estimate of drug-likeness (QED) is 0.535. The van der Waals surface area contributed by atoms with Crippen molar-refractivity contribution in [2.75, 3.05) is 33.4 Å². The van der Waals surface area contributed by atoms with Crippen LogP contribution in [0.3, 0.4) is 0 Å². The molecule has 3 rings (SSSR count). The van der Waals surface area contributed by atoms with Crippen molar-refractivity contribution >= 4 is 23.5 Å². The SMILES string of the molecule is COc1c(OC[C@@H]2CNCCO2)ccc(C)c1-c1cccc(Cl)c1.O=C(O)/C=C/C(=O)O. The number of ether oxygens (including phenoxy) is 3. The fourth-order valence-electron chi connectivity index (χ4n) is 3.03. The van der Waals surface area contributed by atoms with E-state index in [2.05, 4.69) is 12.2 Å². The summed E-state index contributed by atoms with van der Waals surface area (Å²) in [4.78, 5) is 19.1. The standard InChI is InChI=1S/C19H22ClNO3.C4H4O4/c1-13-6-7-17(24-12-16-11-21-8-9-23-16)19(22-2)18(13)14-4-3-5-15(20)10-14;5-3(6)1-2-4(7)8/h3-7,10,16,21H,8-9,11-12H2,1-2H3;1-2H,(H,5,6)(H,7,8)/b;2-1+/t16-;/m0./s1. The maximum absolute atomic E-state index is 9.55. The number of hydrogen-bond acceptors (Lipinski definition) is 6. The van der Waals surface area contributed by atoms with E-state index in [0.717, 1.165) is 35.5 Å². The molecule has 0 saturated carbocycles. The van der Waals surface area contributed by atoms with Gasteiger partial charge < -0.3 is 29.7 Å². The van der Waals surface area contributed by atoms with Crippen LogP contribution in [0.2, 0.25) is 5.02 Å². The van der Waals surface area contributed by atoms with Crippen molar-refractivity contribution in [3.63, 3.8) is 0 Å². The highest BCUT2D eigenvalue weighted by atomic mass is 35.5. The molecular weight excluding hydrogens is 438 g/mol. The van der Waals surface area contributed by atoms with E-state index in [9.17, 15) is 9.59 Å². The van der Waals surface area contributed by atoms with Crippen molar-refractivity contribution in [2.24, 2.45) is 0 Å². The molecule has 3 N–H and O–H groups in total. The normalized spacial score (nSPS) is 15.5. The number of aryl methyl sites for hydroxylation is 1. The summed E-state index contributed by atoms with van der Waals surface area (Å²) < 4.78 is 17.3. The second-order valence-corrected chi connectivity index (χ2v) is 7.25. The minimum Gasteiger partial charge on any atom is -0.492 e. The average molecular weight is 464 g/mol. The first-order valence-corrected chi connectivity index (χ1v) is 10.2. The van der Waals surface area contributed by atoms with E-state index < -0.39 is 11.9 Å². The molecule has 0 radical (unpaired) electrons. The summed E-state index contributed by atoms with van der Waals surface area (Å²) in [6, 6.07) is 11.7. The molecule has 9 heteroatoms. The van der Waals surface area contributed by atoms with E-state index in [1.165, 1.54) is 0 Å². The molecule has 2 aromatic rings. The molecule has 32 heavy (non-hydrogen) atoms. The van der Waals surface area contributed by atoms with E-state index in [-0.39, 0.29) is 6.10 Å². The van der Waals surface area contributed by atoms with Crippen molar-refractivity contribution in [3.05, 3.63) is 59.1 Å². The van der Waals surface area contributed by atoms with Gasteiger partial charge in [0.15, 0.2) is 11.5 Å². The smallest absolute Gasteiger partial charge is 0.328 e. The van der Waals surface area contributed by atoms with Crippen molar-refractivity contribution in [1.29, 1.82) is 0 Å². The lowest BCUT2D eigenvalue weighted by atomic mass is 9.99. The molecule has 1 aliphatic rings. The number of methoxy groups -OCH3 is 1. The van der Waals surface area contributed by atoms with Gasteiger partial charge in [-0.25, -0.2) is 9.59 Å². The lowest BCUT2D eigenvalue weighted by molar-refractivity contribution is -0.134. The number of carbonyl (C=O) groups is 2. The number of benzene rings is 2. The third kappa shape index (κ3) is 7.88. The Balaban J connectivity index is 0.000000390. The van der Waals surface area contributed by atoms with Gasteiger partial charge in [0.05, 0.1) is 13.7 Å². The van der Waals surface area contributed by atoms with Gasteiger partial charge in [0.1, 0.15) is 12.7 Å². The van der Waals surface area contributed by atoms with E-state index in [0.29, 0.717) is 36.1 Å². The topological polar surface area (TPSA) is 114 Å². The first kappa shape index (κ1) is 25.2. The number of carboxylic acid groups (broad SMARTS) is 2. The third-order valence-corrected chi connectivity index (χ3v) is 4.68. The van der Waals surface area contributed by atoms with Crippen LogP contribution >= 0.6 is 11.6 Å². The molecule has 2 aromatic carbocycles. The minimum absolute atomic E-state index is 0.0550. The first-order valence-electron chi connectivity index (χ1n) is 9.84. The van der Waals surface area contributed by atoms with E-state index in [1.807, 2.05) is 36.4 Å². The van der Waals surface area contributed by atoms with Crippen LogP contribution < -0.4 is 14.8 Å². The third-order valence-electron chi connectivity index (χ3n) is 4.44. The second kappa shape index (κ2) is 12.7. The zero-order valence-electron chi connectivity index (χ0n) is 17.8. The molecule has 0 spiro atoms. The Labute approximate surface area is 191 Å². The monoisotopic (exact) mass is 463 g/mol. The van der Waals surface area contributed by atoms with Gasteiger partial charge in [0.2, 0.25) is 0 Å². The van der Waals surface area contributed by atoms with Gasteiger partial charge in [0, 0.05) is 35.8 Å². The van der Waals surface area contributed by atoms with Gasteiger partial charge in [-0.1, -0.05) is 29.8 Å². The van der Waals surface area contributed by atoms with Crippen LogP contribution in [0.15, 0.2) is 48.6 Å².